The Hall–Kier alpha value is -1.32. The Morgan fingerprint density at radius 3 is 1.79 bits per heavy atom. The Kier molecular flexibility index (Phi) is 14.0. The predicted molar refractivity (Wildman–Crippen MR) is 121 cm³/mol. The molecule has 0 atom stereocenters. The lowest BCUT2D eigenvalue weighted by Crippen LogP contribution is -2.35. The van der Waals surface area contributed by atoms with Gasteiger partial charge in [-0.1, -0.05) is 79.1 Å². The Labute approximate surface area is 180 Å². The zero-order valence-electron chi connectivity index (χ0n) is 20.4. The molecule has 29 heavy (non-hydrogen) atoms. The van der Waals surface area contributed by atoms with Crippen LogP contribution in [0.3, 0.4) is 0 Å². The second-order valence-corrected chi connectivity index (χ2v) is 10.3. The summed E-state index contributed by atoms with van der Waals surface area (Å²) >= 11 is 0. The number of hydrogen-bond donors (Lipinski definition) is 0. The van der Waals surface area contributed by atoms with Crippen LogP contribution in [-0.2, 0) is 16.9 Å². The van der Waals surface area contributed by atoms with E-state index in [1.54, 1.807) is 0 Å². The smallest absolute Gasteiger partial charge is 0.244 e. The fourth-order valence-electron chi connectivity index (χ4n) is 4.06. The summed E-state index contributed by atoms with van der Waals surface area (Å²) in [4.78, 5) is 8.89. The summed E-state index contributed by atoms with van der Waals surface area (Å²) in [5.74, 6) is -1.08. The maximum atomic E-state index is 8.89. The van der Waals surface area contributed by atoms with Gasteiger partial charge in [-0.15, -0.1) is 0 Å². The molecule has 0 aliphatic heterocycles. The molecule has 1 rings (SSSR count). The topological polar surface area (TPSA) is 48.9 Å². The van der Waals surface area contributed by atoms with E-state index in [1.165, 1.54) is 70.6 Å². The molecule has 170 valence electrons. The van der Waals surface area contributed by atoms with Crippen LogP contribution in [0, 0.1) is 5.41 Å². The normalized spacial score (nSPS) is 11.8. The van der Waals surface area contributed by atoms with E-state index in [9.17, 15) is 0 Å². The first-order chi connectivity index (χ1) is 13.5. The predicted octanol–water partition coefficient (Wildman–Crippen LogP) is 5.62. The van der Waals surface area contributed by atoms with E-state index in [4.69, 9.17) is 9.90 Å². The van der Waals surface area contributed by atoms with Crippen LogP contribution in [0.2, 0.25) is 0 Å². The summed E-state index contributed by atoms with van der Waals surface area (Å²) in [7, 11) is 0. The fourth-order valence-corrected chi connectivity index (χ4v) is 4.06. The first-order valence-electron chi connectivity index (χ1n) is 11.7. The summed E-state index contributed by atoms with van der Waals surface area (Å²) in [5, 5.41) is 8.89. The van der Waals surface area contributed by atoms with Gasteiger partial charge in [-0.3, -0.25) is 0 Å². The summed E-state index contributed by atoms with van der Waals surface area (Å²) in [5.41, 5.74) is 0.538. The highest BCUT2D eigenvalue weighted by molar-refractivity contribution is 5.60. The molecule has 0 saturated carbocycles. The van der Waals surface area contributed by atoms with E-state index in [0.717, 1.165) is 13.5 Å². The van der Waals surface area contributed by atoms with Gasteiger partial charge in [0, 0.05) is 5.97 Å². The number of aromatic nitrogens is 2. The molecule has 0 bridgehead atoms. The third-order valence-corrected chi connectivity index (χ3v) is 5.12. The summed E-state index contributed by atoms with van der Waals surface area (Å²) in [6.45, 7) is 16.1. The molecule has 4 nitrogen and oxygen atoms in total. The third-order valence-electron chi connectivity index (χ3n) is 5.12. The van der Waals surface area contributed by atoms with Crippen molar-refractivity contribution in [3.63, 3.8) is 0 Å². The van der Waals surface area contributed by atoms with Gasteiger partial charge in [0.2, 0.25) is 6.33 Å². The molecule has 0 aliphatic rings. The highest BCUT2D eigenvalue weighted by Gasteiger charge is 2.31. The second kappa shape index (κ2) is 14.6. The molecule has 0 spiro atoms. The number of carbonyl (C=O) groups is 1. The first-order valence-corrected chi connectivity index (χ1v) is 11.7. The molecular formula is C25H48N2O2. The van der Waals surface area contributed by atoms with Gasteiger partial charge in [-0.2, -0.15) is 0 Å². The van der Waals surface area contributed by atoms with Gasteiger partial charge in [0.25, 0.3) is 0 Å². The van der Waals surface area contributed by atoms with Gasteiger partial charge >= 0.3 is 0 Å². The SMILES string of the molecule is CC(=O)[O-].CCCCCCCCCCCC[n+]1ccn(C(C)(C)CC(C)(C)C)c1. The van der Waals surface area contributed by atoms with Gasteiger partial charge in [-0.25, -0.2) is 9.13 Å². The van der Waals surface area contributed by atoms with E-state index in [1.807, 2.05) is 0 Å². The fraction of sp³-hybridized carbons (Fsp3) is 0.840. The number of carbonyl (C=O) groups excluding carboxylic acids is 1. The number of imidazole rings is 1. The van der Waals surface area contributed by atoms with Crippen molar-refractivity contribution in [1.82, 2.24) is 4.57 Å². The standard InChI is InChI=1S/C23H45N2.C2H4O2/c1-7-8-9-10-11-12-13-14-15-16-17-24-18-19-25(21-24)23(5,6)20-22(2,3)4;1-2(3)4/h18-19,21H,7-17,20H2,1-6H3;1H3,(H,3,4)/q+1;/p-1. The molecule has 0 radical (unpaired) electrons. The molecule has 0 fully saturated rings. The Balaban J connectivity index is 0.00000178. The lowest BCUT2D eigenvalue weighted by Gasteiger charge is -2.29. The minimum absolute atomic E-state index is 0.182. The van der Waals surface area contributed by atoms with E-state index in [2.05, 4.69) is 69.4 Å². The average molecular weight is 409 g/mol. The van der Waals surface area contributed by atoms with E-state index in [0.29, 0.717) is 5.41 Å². The Bertz CT molecular complexity index is 537. The van der Waals surface area contributed by atoms with Crippen LogP contribution in [0.5, 0.6) is 0 Å². The minimum Gasteiger partial charge on any atom is -0.550 e. The van der Waals surface area contributed by atoms with Gasteiger partial charge in [0.15, 0.2) is 0 Å². The van der Waals surface area contributed by atoms with Crippen molar-refractivity contribution in [2.45, 2.75) is 131 Å². The maximum Gasteiger partial charge on any atom is 0.244 e. The third kappa shape index (κ3) is 16.2. The van der Waals surface area contributed by atoms with Crippen molar-refractivity contribution in [2.75, 3.05) is 0 Å². The maximum absolute atomic E-state index is 8.89. The zero-order valence-corrected chi connectivity index (χ0v) is 20.4. The number of carboxylic acid groups (broad SMARTS) is 1. The van der Waals surface area contributed by atoms with Crippen molar-refractivity contribution in [1.29, 1.82) is 0 Å². The molecule has 1 aromatic heterocycles. The Morgan fingerprint density at radius 2 is 1.34 bits per heavy atom. The van der Waals surface area contributed by atoms with Crippen LogP contribution in [0.1, 0.15) is 119 Å². The number of rotatable bonds is 13. The molecule has 0 saturated heterocycles. The molecule has 0 amide bonds. The number of carboxylic acids is 1. The number of aliphatic carboxylic acids is 1. The number of aryl methyl sites for hydroxylation is 1. The van der Waals surface area contributed by atoms with Crippen molar-refractivity contribution in [3.8, 4) is 0 Å². The van der Waals surface area contributed by atoms with Gasteiger partial charge in [-0.05, 0) is 45.4 Å². The summed E-state index contributed by atoms with van der Waals surface area (Å²) in [6, 6.07) is 0. The lowest BCUT2D eigenvalue weighted by atomic mass is 9.82. The van der Waals surface area contributed by atoms with Crippen LogP contribution >= 0.6 is 0 Å². The number of nitrogens with zero attached hydrogens (tertiary/aromatic N) is 2. The van der Waals surface area contributed by atoms with Crippen molar-refractivity contribution < 1.29 is 14.5 Å². The van der Waals surface area contributed by atoms with Crippen LogP contribution in [0.25, 0.3) is 0 Å². The highest BCUT2D eigenvalue weighted by Crippen LogP contribution is 2.31. The molecule has 1 heterocycles. The zero-order chi connectivity index (χ0) is 22.3. The van der Waals surface area contributed by atoms with Crippen molar-refractivity contribution in [2.24, 2.45) is 5.41 Å². The molecule has 0 N–H and O–H groups in total. The summed E-state index contributed by atoms with van der Waals surface area (Å²) < 4.78 is 4.77. The van der Waals surface area contributed by atoms with E-state index < -0.39 is 5.97 Å². The largest absolute Gasteiger partial charge is 0.550 e. The molecule has 0 aromatic carbocycles. The van der Waals surface area contributed by atoms with Crippen LogP contribution < -0.4 is 9.67 Å². The van der Waals surface area contributed by atoms with Crippen LogP contribution in [-0.4, -0.2) is 10.5 Å². The Morgan fingerprint density at radius 1 is 0.897 bits per heavy atom. The van der Waals surface area contributed by atoms with Crippen LogP contribution in [0.15, 0.2) is 18.7 Å². The van der Waals surface area contributed by atoms with Gasteiger partial charge < -0.3 is 9.90 Å². The molecule has 0 unspecified atom stereocenters. The minimum atomic E-state index is -1.08. The number of hydrogen-bond acceptors (Lipinski definition) is 2. The van der Waals surface area contributed by atoms with Crippen molar-refractivity contribution in [3.05, 3.63) is 18.7 Å². The monoisotopic (exact) mass is 408 g/mol. The molecular weight excluding hydrogens is 360 g/mol. The number of unbranched alkanes of at least 4 members (excludes halogenated alkanes) is 9. The van der Waals surface area contributed by atoms with Crippen LogP contribution in [0.4, 0.5) is 0 Å². The molecule has 0 aliphatic carbocycles. The first kappa shape index (κ1) is 27.7. The second-order valence-electron chi connectivity index (χ2n) is 10.3. The lowest BCUT2D eigenvalue weighted by molar-refractivity contribution is -0.697. The van der Waals surface area contributed by atoms with E-state index >= 15 is 0 Å². The highest BCUT2D eigenvalue weighted by atomic mass is 16.4. The van der Waals surface area contributed by atoms with Gasteiger partial charge in [0.1, 0.15) is 17.9 Å². The molecule has 4 heteroatoms. The van der Waals surface area contributed by atoms with Gasteiger partial charge in [0.05, 0.1) is 6.54 Å². The quantitative estimate of drug-likeness (QED) is 0.314. The van der Waals surface area contributed by atoms with Crippen molar-refractivity contribution >= 4 is 5.97 Å². The van der Waals surface area contributed by atoms with E-state index in [-0.39, 0.29) is 5.54 Å². The average Bonchev–Trinajstić information content (AvgIpc) is 3.04. The molecule has 1 aromatic rings. The summed E-state index contributed by atoms with van der Waals surface area (Å²) in [6.07, 6.45) is 22.1.